The maximum Gasteiger partial charge on any atom is 0.299 e. The van der Waals surface area contributed by atoms with Crippen molar-refractivity contribution in [3.63, 3.8) is 0 Å². The van der Waals surface area contributed by atoms with E-state index in [4.69, 9.17) is 5.14 Å². The first-order valence-electron chi connectivity index (χ1n) is 6.32. The highest BCUT2D eigenvalue weighted by Crippen LogP contribution is 2.35. The average Bonchev–Trinajstić information content (AvgIpc) is 2.76. The van der Waals surface area contributed by atoms with Crippen LogP contribution in [0.5, 0.6) is 0 Å². The molecular weight excluding hydrogens is 332 g/mol. The molecule has 0 spiro atoms. The molecule has 1 amide bonds. The Morgan fingerprint density at radius 2 is 1.91 bits per heavy atom. The van der Waals surface area contributed by atoms with Crippen LogP contribution in [0.1, 0.15) is 6.42 Å². The van der Waals surface area contributed by atoms with Gasteiger partial charge in [0.05, 0.1) is 21.7 Å². The number of primary sulfonamides is 1. The van der Waals surface area contributed by atoms with Gasteiger partial charge in [0.2, 0.25) is 15.9 Å². The van der Waals surface area contributed by atoms with Crippen LogP contribution in [0.3, 0.4) is 0 Å². The van der Waals surface area contributed by atoms with Crippen molar-refractivity contribution in [3.05, 3.63) is 38.4 Å². The van der Waals surface area contributed by atoms with Crippen molar-refractivity contribution in [2.24, 2.45) is 11.1 Å². The molecule has 0 aliphatic carbocycles. The summed E-state index contributed by atoms with van der Waals surface area (Å²) in [6.07, 6.45) is -0.120. The quantitative estimate of drug-likeness (QED) is 0.585. The van der Waals surface area contributed by atoms with Gasteiger partial charge in [-0.05, 0) is 6.07 Å². The monoisotopic (exact) mass is 344 g/mol. The van der Waals surface area contributed by atoms with Crippen molar-refractivity contribution in [1.29, 1.82) is 0 Å². The minimum absolute atomic E-state index is 0.0616. The van der Waals surface area contributed by atoms with E-state index in [1.807, 2.05) is 0 Å². The number of rotatable bonds is 5. The zero-order valence-electron chi connectivity index (χ0n) is 11.6. The average molecular weight is 344 g/mol. The zero-order chi connectivity index (χ0) is 17.4. The van der Waals surface area contributed by atoms with E-state index in [0.29, 0.717) is 0 Å². The van der Waals surface area contributed by atoms with Crippen LogP contribution in [-0.4, -0.2) is 36.5 Å². The Morgan fingerprint density at radius 3 is 2.43 bits per heavy atom. The first-order valence-corrected chi connectivity index (χ1v) is 8.03. The first kappa shape index (κ1) is 16.8. The van der Waals surface area contributed by atoms with Crippen molar-refractivity contribution in [2.45, 2.75) is 6.42 Å². The second kappa shape index (κ2) is 5.89. The number of nitro benzene ring substituents is 2. The number of nitro groups is 2. The highest BCUT2D eigenvalue weighted by molar-refractivity contribution is 7.89. The summed E-state index contributed by atoms with van der Waals surface area (Å²) in [4.78, 5) is 33.2. The fourth-order valence-corrected chi connectivity index (χ4v) is 3.33. The van der Waals surface area contributed by atoms with E-state index in [2.05, 4.69) is 0 Å². The highest BCUT2D eigenvalue weighted by Gasteiger charge is 2.36. The van der Waals surface area contributed by atoms with Crippen molar-refractivity contribution in [3.8, 4) is 0 Å². The molecule has 1 unspecified atom stereocenters. The van der Waals surface area contributed by atoms with E-state index in [1.54, 1.807) is 0 Å². The van der Waals surface area contributed by atoms with E-state index >= 15 is 0 Å². The Labute approximate surface area is 130 Å². The molecule has 0 saturated carbocycles. The third kappa shape index (κ3) is 3.78. The molecule has 0 radical (unpaired) electrons. The third-order valence-corrected chi connectivity index (χ3v) is 4.27. The molecule has 0 aromatic heterocycles. The van der Waals surface area contributed by atoms with Gasteiger partial charge in [-0.2, -0.15) is 0 Å². The van der Waals surface area contributed by atoms with Crippen LogP contribution in [0.4, 0.5) is 17.1 Å². The van der Waals surface area contributed by atoms with Gasteiger partial charge in [-0.3, -0.25) is 25.0 Å². The van der Waals surface area contributed by atoms with E-state index in [-0.39, 0.29) is 18.7 Å². The SMILES string of the molecule is NS(=O)(=O)CC1CC(=O)N(c2ccc([N+](=O)[O-])cc2[N+](=O)[O-])C1. The van der Waals surface area contributed by atoms with Crippen LogP contribution in [0.15, 0.2) is 18.2 Å². The van der Waals surface area contributed by atoms with Crippen LogP contribution in [0, 0.1) is 26.1 Å². The number of amides is 1. The van der Waals surface area contributed by atoms with Crippen molar-refractivity contribution in [2.75, 3.05) is 17.2 Å². The molecule has 11 nitrogen and oxygen atoms in total. The molecule has 1 atom stereocenters. The van der Waals surface area contributed by atoms with Crippen molar-refractivity contribution >= 4 is 33.0 Å². The Balaban J connectivity index is 2.36. The number of benzene rings is 1. The van der Waals surface area contributed by atoms with Crippen LogP contribution in [0.2, 0.25) is 0 Å². The summed E-state index contributed by atoms with van der Waals surface area (Å²) in [5, 5.41) is 26.7. The fraction of sp³-hybridized carbons (Fsp3) is 0.364. The lowest BCUT2D eigenvalue weighted by Gasteiger charge is -2.16. The number of anilines is 1. The van der Waals surface area contributed by atoms with E-state index in [9.17, 15) is 33.4 Å². The molecule has 124 valence electrons. The van der Waals surface area contributed by atoms with Crippen molar-refractivity contribution < 1.29 is 23.1 Å². The summed E-state index contributed by atoms with van der Waals surface area (Å²) in [5.74, 6) is -1.52. The summed E-state index contributed by atoms with van der Waals surface area (Å²) < 4.78 is 22.2. The number of sulfonamides is 1. The van der Waals surface area contributed by atoms with Crippen LogP contribution in [0.25, 0.3) is 0 Å². The summed E-state index contributed by atoms with van der Waals surface area (Å²) in [6.45, 7) is -0.0616. The molecule has 2 rings (SSSR count). The van der Waals surface area contributed by atoms with Crippen molar-refractivity contribution in [1.82, 2.24) is 0 Å². The van der Waals surface area contributed by atoms with Gasteiger partial charge in [-0.25, -0.2) is 13.6 Å². The Hall–Kier alpha value is -2.60. The van der Waals surface area contributed by atoms with Crippen LogP contribution in [-0.2, 0) is 14.8 Å². The van der Waals surface area contributed by atoms with Gasteiger partial charge in [0, 0.05) is 24.9 Å². The standard InChI is InChI=1S/C11H12N4O7S/c12-23(21,22)6-7-3-11(16)13(5-7)9-2-1-8(14(17)18)4-10(9)15(19)20/h1-2,4,7H,3,5-6H2,(H2,12,21,22). The van der Waals surface area contributed by atoms with E-state index in [0.717, 1.165) is 23.1 Å². The molecule has 1 heterocycles. The number of carbonyl (C=O) groups is 1. The van der Waals surface area contributed by atoms with Crippen LogP contribution < -0.4 is 10.0 Å². The highest BCUT2D eigenvalue weighted by atomic mass is 32.2. The molecular formula is C11H12N4O7S. The van der Waals surface area contributed by atoms with Crippen LogP contribution >= 0.6 is 0 Å². The Bertz CT molecular complexity index is 792. The summed E-state index contributed by atoms with van der Waals surface area (Å²) in [5.41, 5.74) is -1.18. The molecule has 1 aromatic rings. The molecule has 1 fully saturated rings. The predicted molar refractivity (Wildman–Crippen MR) is 78.2 cm³/mol. The maximum atomic E-state index is 12.0. The molecule has 23 heavy (non-hydrogen) atoms. The van der Waals surface area contributed by atoms with Gasteiger partial charge in [0.15, 0.2) is 0 Å². The lowest BCUT2D eigenvalue weighted by atomic mass is 10.1. The van der Waals surface area contributed by atoms with Gasteiger partial charge < -0.3 is 4.90 Å². The topological polar surface area (TPSA) is 167 Å². The molecule has 0 bridgehead atoms. The number of carbonyl (C=O) groups excluding carboxylic acids is 1. The number of nitrogens with two attached hydrogens (primary N) is 1. The number of hydrogen-bond acceptors (Lipinski definition) is 7. The first-order chi connectivity index (χ1) is 10.6. The normalized spacial score (nSPS) is 18.2. The van der Waals surface area contributed by atoms with E-state index in [1.165, 1.54) is 0 Å². The molecule has 1 aliphatic heterocycles. The molecule has 1 saturated heterocycles. The van der Waals surface area contributed by atoms with E-state index < -0.39 is 48.8 Å². The van der Waals surface area contributed by atoms with Gasteiger partial charge in [0.25, 0.3) is 11.4 Å². The van der Waals surface area contributed by atoms with Gasteiger partial charge >= 0.3 is 0 Å². The Kier molecular flexibility index (Phi) is 4.29. The second-order valence-electron chi connectivity index (χ2n) is 5.09. The lowest BCUT2D eigenvalue weighted by molar-refractivity contribution is -0.393. The second-order valence-corrected chi connectivity index (χ2v) is 6.75. The van der Waals surface area contributed by atoms with Gasteiger partial charge in [0.1, 0.15) is 5.69 Å². The number of non-ortho nitro benzene ring substituents is 1. The fourth-order valence-electron chi connectivity index (χ4n) is 2.45. The maximum absolute atomic E-state index is 12.0. The minimum atomic E-state index is -3.78. The smallest absolute Gasteiger partial charge is 0.299 e. The summed E-state index contributed by atoms with van der Waals surface area (Å²) in [7, 11) is -3.78. The Morgan fingerprint density at radius 1 is 1.26 bits per heavy atom. The number of hydrogen-bond donors (Lipinski definition) is 1. The largest absolute Gasteiger partial charge is 0.306 e. The predicted octanol–water partition coefficient (Wildman–Crippen LogP) is 0.144. The molecule has 1 aliphatic rings. The molecule has 2 N–H and O–H groups in total. The number of nitrogens with zero attached hydrogens (tertiary/aromatic N) is 3. The zero-order valence-corrected chi connectivity index (χ0v) is 12.4. The summed E-state index contributed by atoms with van der Waals surface area (Å²) >= 11 is 0. The van der Waals surface area contributed by atoms with Gasteiger partial charge in [-0.1, -0.05) is 0 Å². The third-order valence-electron chi connectivity index (χ3n) is 3.33. The lowest BCUT2D eigenvalue weighted by Crippen LogP contribution is -2.28. The minimum Gasteiger partial charge on any atom is -0.306 e. The summed E-state index contributed by atoms with van der Waals surface area (Å²) in [6, 6.07) is 2.91. The van der Waals surface area contributed by atoms with Gasteiger partial charge in [-0.15, -0.1) is 0 Å². The molecule has 1 aromatic carbocycles. The molecule has 12 heteroatoms.